The molecular weight excluding hydrogens is 246 g/mol. The number of nitrogens with zero attached hydrogens (tertiary/aromatic N) is 3. The molecule has 0 atom stereocenters. The van der Waals surface area contributed by atoms with Crippen LogP contribution >= 0.6 is 11.6 Å². The topological polar surface area (TPSA) is 29.0 Å². The van der Waals surface area contributed by atoms with Crippen LogP contribution in [0.2, 0.25) is 0 Å². The lowest BCUT2D eigenvalue weighted by Gasteiger charge is -2.27. The summed E-state index contributed by atoms with van der Waals surface area (Å²) in [4.78, 5) is 11.3. The molecule has 1 heterocycles. The zero-order valence-electron chi connectivity index (χ0n) is 11.9. The molecule has 0 aliphatic carbocycles. The van der Waals surface area contributed by atoms with Gasteiger partial charge in [0.2, 0.25) is 5.95 Å². The third-order valence-electron chi connectivity index (χ3n) is 3.10. The highest BCUT2D eigenvalue weighted by Gasteiger charge is 2.14. The van der Waals surface area contributed by atoms with Gasteiger partial charge in [0.15, 0.2) is 0 Å². The Morgan fingerprint density at radius 1 is 1.33 bits per heavy atom. The van der Waals surface area contributed by atoms with Gasteiger partial charge in [-0.05, 0) is 27.2 Å². The van der Waals surface area contributed by atoms with E-state index in [0.29, 0.717) is 11.9 Å². The first-order valence-corrected chi connectivity index (χ1v) is 7.28. The zero-order valence-corrected chi connectivity index (χ0v) is 12.7. The summed E-state index contributed by atoms with van der Waals surface area (Å²) in [6.45, 7) is 9.59. The molecule has 0 N–H and O–H groups in total. The number of anilines is 1. The van der Waals surface area contributed by atoms with Gasteiger partial charge in [0.05, 0.1) is 5.88 Å². The van der Waals surface area contributed by atoms with Gasteiger partial charge in [0.25, 0.3) is 0 Å². The number of halogens is 1. The lowest BCUT2D eigenvalue weighted by Crippen LogP contribution is -2.33. The van der Waals surface area contributed by atoms with E-state index in [9.17, 15) is 0 Å². The maximum atomic E-state index is 5.84. The van der Waals surface area contributed by atoms with Crippen LogP contribution in [0.4, 0.5) is 5.95 Å². The van der Waals surface area contributed by atoms with E-state index in [0.717, 1.165) is 23.8 Å². The van der Waals surface area contributed by atoms with Crippen molar-refractivity contribution in [2.45, 2.75) is 58.9 Å². The Morgan fingerprint density at radius 3 is 2.56 bits per heavy atom. The highest BCUT2D eigenvalue weighted by Crippen LogP contribution is 2.16. The first kappa shape index (κ1) is 15.2. The summed E-state index contributed by atoms with van der Waals surface area (Å²) in [7, 11) is 0. The van der Waals surface area contributed by atoms with Gasteiger partial charge in [-0.2, -0.15) is 0 Å². The zero-order chi connectivity index (χ0) is 13.5. The Morgan fingerprint density at radius 2 is 2.06 bits per heavy atom. The Bertz CT molecular complexity index is 366. The summed E-state index contributed by atoms with van der Waals surface area (Å²) in [5.41, 5.74) is 1.99. The number of alkyl halides is 1. The molecule has 102 valence electrons. The molecule has 0 saturated carbocycles. The van der Waals surface area contributed by atoms with Crippen LogP contribution in [0.3, 0.4) is 0 Å². The van der Waals surface area contributed by atoms with Gasteiger partial charge in [-0.25, -0.2) is 9.97 Å². The number of unbranched alkanes of at least 4 members (excludes halogenated alkanes) is 2. The Labute approximate surface area is 116 Å². The van der Waals surface area contributed by atoms with Gasteiger partial charge < -0.3 is 4.90 Å². The van der Waals surface area contributed by atoms with Gasteiger partial charge in [-0.1, -0.05) is 19.8 Å². The Hall–Kier alpha value is -0.830. The SMILES string of the molecule is CCCCCN(c1ncc(CCl)c(C)n1)C(C)C. The van der Waals surface area contributed by atoms with E-state index < -0.39 is 0 Å². The van der Waals surface area contributed by atoms with Crippen molar-refractivity contribution in [2.75, 3.05) is 11.4 Å². The molecule has 1 rings (SSSR count). The summed E-state index contributed by atoms with van der Waals surface area (Å²) < 4.78 is 0. The van der Waals surface area contributed by atoms with E-state index in [1.165, 1.54) is 19.3 Å². The normalized spacial score (nSPS) is 11.0. The van der Waals surface area contributed by atoms with Crippen molar-refractivity contribution in [3.8, 4) is 0 Å². The van der Waals surface area contributed by atoms with E-state index in [4.69, 9.17) is 11.6 Å². The Balaban J connectivity index is 2.82. The smallest absolute Gasteiger partial charge is 0.225 e. The van der Waals surface area contributed by atoms with Gasteiger partial charge in [0, 0.05) is 30.0 Å². The van der Waals surface area contributed by atoms with Gasteiger partial charge in [-0.3, -0.25) is 0 Å². The van der Waals surface area contributed by atoms with Gasteiger partial charge in [0.1, 0.15) is 0 Å². The minimum atomic E-state index is 0.420. The summed E-state index contributed by atoms with van der Waals surface area (Å²) in [5, 5.41) is 0. The monoisotopic (exact) mass is 269 g/mol. The summed E-state index contributed by atoms with van der Waals surface area (Å²) >= 11 is 5.84. The van der Waals surface area contributed by atoms with Crippen molar-refractivity contribution in [3.05, 3.63) is 17.5 Å². The first-order chi connectivity index (χ1) is 8.60. The van der Waals surface area contributed by atoms with Crippen LogP contribution in [-0.4, -0.2) is 22.6 Å². The Kier molecular flexibility index (Phi) is 6.41. The molecule has 1 aromatic rings. The van der Waals surface area contributed by atoms with Crippen molar-refractivity contribution in [1.29, 1.82) is 0 Å². The fourth-order valence-corrected chi connectivity index (χ4v) is 2.13. The molecule has 0 radical (unpaired) electrons. The number of hydrogen-bond acceptors (Lipinski definition) is 3. The fraction of sp³-hybridized carbons (Fsp3) is 0.714. The van der Waals surface area contributed by atoms with Crippen LogP contribution < -0.4 is 4.90 Å². The molecule has 0 saturated heterocycles. The van der Waals surface area contributed by atoms with Crippen LogP contribution in [0.5, 0.6) is 0 Å². The predicted octanol–water partition coefficient (Wildman–Crippen LogP) is 3.93. The predicted molar refractivity (Wildman–Crippen MR) is 78.3 cm³/mol. The molecule has 1 aromatic heterocycles. The molecule has 0 fully saturated rings. The second-order valence-corrected chi connectivity index (χ2v) is 5.18. The molecule has 0 bridgehead atoms. The minimum absolute atomic E-state index is 0.420. The maximum absolute atomic E-state index is 5.84. The third kappa shape index (κ3) is 4.13. The van der Waals surface area contributed by atoms with E-state index >= 15 is 0 Å². The average Bonchev–Trinajstić information content (AvgIpc) is 2.34. The number of aromatic nitrogens is 2. The molecule has 0 aliphatic rings. The summed E-state index contributed by atoms with van der Waals surface area (Å²) in [5.74, 6) is 1.30. The second-order valence-electron chi connectivity index (χ2n) is 4.91. The lowest BCUT2D eigenvalue weighted by atomic mass is 10.2. The van der Waals surface area contributed by atoms with Crippen LogP contribution in [-0.2, 0) is 5.88 Å². The number of aryl methyl sites for hydroxylation is 1. The van der Waals surface area contributed by atoms with Crippen molar-refractivity contribution < 1.29 is 0 Å². The van der Waals surface area contributed by atoms with Crippen molar-refractivity contribution in [2.24, 2.45) is 0 Å². The molecule has 0 spiro atoms. The van der Waals surface area contributed by atoms with Crippen LogP contribution in [0.25, 0.3) is 0 Å². The second kappa shape index (κ2) is 7.57. The average molecular weight is 270 g/mol. The largest absolute Gasteiger partial charge is 0.338 e. The maximum Gasteiger partial charge on any atom is 0.225 e. The van der Waals surface area contributed by atoms with Crippen LogP contribution in [0.1, 0.15) is 51.3 Å². The molecule has 18 heavy (non-hydrogen) atoms. The quantitative estimate of drug-likeness (QED) is 0.555. The van der Waals surface area contributed by atoms with Crippen LogP contribution in [0, 0.1) is 6.92 Å². The van der Waals surface area contributed by atoms with Gasteiger partial charge in [-0.15, -0.1) is 11.6 Å². The molecule has 4 heteroatoms. The summed E-state index contributed by atoms with van der Waals surface area (Å²) in [6.07, 6.45) is 5.52. The van der Waals surface area contributed by atoms with Gasteiger partial charge >= 0.3 is 0 Å². The van der Waals surface area contributed by atoms with E-state index in [-0.39, 0.29) is 0 Å². The fourth-order valence-electron chi connectivity index (χ4n) is 1.87. The van der Waals surface area contributed by atoms with E-state index in [2.05, 4.69) is 35.6 Å². The highest BCUT2D eigenvalue weighted by molar-refractivity contribution is 6.17. The van der Waals surface area contributed by atoms with Crippen molar-refractivity contribution in [3.63, 3.8) is 0 Å². The molecule has 0 amide bonds. The number of rotatable bonds is 7. The molecule has 0 unspecified atom stereocenters. The van der Waals surface area contributed by atoms with E-state index in [1.54, 1.807) is 0 Å². The highest BCUT2D eigenvalue weighted by atomic mass is 35.5. The minimum Gasteiger partial charge on any atom is -0.338 e. The standard InChI is InChI=1S/C14H24ClN3/c1-5-6-7-8-18(11(2)3)14-16-10-13(9-15)12(4)17-14/h10-11H,5-9H2,1-4H3. The third-order valence-corrected chi connectivity index (χ3v) is 3.38. The van der Waals surface area contributed by atoms with Crippen molar-refractivity contribution in [1.82, 2.24) is 9.97 Å². The van der Waals surface area contributed by atoms with Crippen LogP contribution in [0.15, 0.2) is 6.20 Å². The van der Waals surface area contributed by atoms with E-state index in [1.807, 2.05) is 13.1 Å². The lowest BCUT2D eigenvalue weighted by molar-refractivity contribution is 0.611. The molecule has 3 nitrogen and oxygen atoms in total. The molecule has 0 aliphatic heterocycles. The summed E-state index contributed by atoms with van der Waals surface area (Å²) in [6, 6.07) is 0.420. The molecular formula is C14H24ClN3. The first-order valence-electron chi connectivity index (χ1n) is 6.75. The van der Waals surface area contributed by atoms with Crippen molar-refractivity contribution >= 4 is 17.5 Å². The number of hydrogen-bond donors (Lipinski definition) is 0. The molecule has 0 aromatic carbocycles.